The van der Waals surface area contributed by atoms with Gasteiger partial charge < -0.3 is 10.2 Å². The summed E-state index contributed by atoms with van der Waals surface area (Å²) in [5, 5.41) is 0. The molecule has 0 saturated carbocycles. The van der Waals surface area contributed by atoms with Gasteiger partial charge in [-0.3, -0.25) is 5.84 Å². The fourth-order valence-electron chi connectivity index (χ4n) is 1.02. The zero-order valence-electron chi connectivity index (χ0n) is 7.71. The lowest BCUT2D eigenvalue weighted by Gasteiger charge is -2.08. The number of carbonyl (C=O) groups excluding carboxylic acids is 1. The summed E-state index contributed by atoms with van der Waals surface area (Å²) < 4.78 is 5.88. The number of ether oxygens (including phenoxy) is 1. The predicted octanol–water partition coefficient (Wildman–Crippen LogP) is 1.75. The van der Waals surface area contributed by atoms with Crippen molar-refractivity contribution in [3.8, 4) is 0 Å². The zero-order chi connectivity index (χ0) is 10.6. The second-order valence-corrected chi connectivity index (χ2v) is 3.80. The molecule has 5 heteroatoms. The summed E-state index contributed by atoms with van der Waals surface area (Å²) >= 11 is 2.14. The van der Waals surface area contributed by atoms with Crippen molar-refractivity contribution >= 4 is 34.2 Å². The Labute approximate surface area is 95.9 Å². The molecule has 0 fully saturated rings. The van der Waals surface area contributed by atoms with Gasteiger partial charge in [-0.05, 0) is 47.7 Å². The van der Waals surface area contributed by atoms with Crippen LogP contribution >= 0.6 is 22.6 Å². The topological polar surface area (TPSA) is 64.3 Å². The third kappa shape index (κ3) is 2.58. The van der Waals surface area contributed by atoms with E-state index in [1.54, 1.807) is 19.1 Å². The monoisotopic (exact) mass is 306 g/mol. The molecule has 0 unspecified atom stereocenters. The molecule has 1 aromatic rings. The molecule has 0 aliphatic rings. The first-order chi connectivity index (χ1) is 6.69. The van der Waals surface area contributed by atoms with Crippen LogP contribution in [0.25, 0.3) is 0 Å². The second kappa shape index (κ2) is 5.16. The number of benzene rings is 1. The Balaban J connectivity index is 3.01. The molecule has 0 aliphatic heterocycles. The molecule has 1 rings (SSSR count). The number of carbonyl (C=O) groups is 1. The summed E-state index contributed by atoms with van der Waals surface area (Å²) in [6.45, 7) is 2.12. The molecule has 1 aromatic carbocycles. The predicted molar refractivity (Wildman–Crippen MR) is 62.9 cm³/mol. The highest BCUT2D eigenvalue weighted by molar-refractivity contribution is 14.1. The van der Waals surface area contributed by atoms with Crippen LogP contribution in [0, 0.1) is 3.57 Å². The molecular formula is C9H11IN2O2. The Morgan fingerprint density at radius 2 is 2.36 bits per heavy atom. The van der Waals surface area contributed by atoms with Gasteiger partial charge in [0.25, 0.3) is 0 Å². The fraction of sp³-hybridized carbons (Fsp3) is 0.222. The van der Waals surface area contributed by atoms with Crippen LogP contribution < -0.4 is 11.3 Å². The van der Waals surface area contributed by atoms with Crippen molar-refractivity contribution in [2.75, 3.05) is 12.0 Å². The summed E-state index contributed by atoms with van der Waals surface area (Å²) in [5.41, 5.74) is 3.50. The highest BCUT2D eigenvalue weighted by atomic mass is 127. The first-order valence-electron chi connectivity index (χ1n) is 4.12. The number of hydrogen-bond donors (Lipinski definition) is 2. The van der Waals surface area contributed by atoms with Crippen molar-refractivity contribution in [1.82, 2.24) is 0 Å². The maximum Gasteiger partial charge on any atom is 0.340 e. The molecule has 14 heavy (non-hydrogen) atoms. The molecule has 76 valence electrons. The van der Waals surface area contributed by atoms with Crippen molar-refractivity contribution < 1.29 is 9.53 Å². The quantitative estimate of drug-likeness (QED) is 0.386. The third-order valence-electron chi connectivity index (χ3n) is 1.63. The largest absolute Gasteiger partial charge is 0.462 e. The lowest BCUT2D eigenvalue weighted by Crippen LogP contribution is -2.14. The van der Waals surface area contributed by atoms with Crippen molar-refractivity contribution in [2.24, 2.45) is 5.84 Å². The van der Waals surface area contributed by atoms with Gasteiger partial charge in [0.05, 0.1) is 17.9 Å². The Hall–Kier alpha value is -0.820. The van der Waals surface area contributed by atoms with E-state index >= 15 is 0 Å². The van der Waals surface area contributed by atoms with E-state index in [4.69, 9.17) is 10.6 Å². The minimum absolute atomic E-state index is 0.356. The lowest BCUT2D eigenvalue weighted by atomic mass is 10.2. The van der Waals surface area contributed by atoms with Gasteiger partial charge in [0.2, 0.25) is 0 Å². The van der Waals surface area contributed by atoms with Crippen LogP contribution in [0.3, 0.4) is 0 Å². The standard InChI is InChI=1S/C9H11IN2O2/c1-2-14-9(13)7-4-3-6(10)5-8(7)12-11/h3-5,12H,2,11H2,1H3. The minimum atomic E-state index is -0.364. The number of rotatable bonds is 3. The molecule has 0 radical (unpaired) electrons. The van der Waals surface area contributed by atoms with Gasteiger partial charge in [-0.2, -0.15) is 0 Å². The fourth-order valence-corrected chi connectivity index (χ4v) is 1.51. The molecule has 0 amide bonds. The molecule has 0 saturated heterocycles. The van der Waals surface area contributed by atoms with Gasteiger partial charge >= 0.3 is 5.97 Å². The number of hydrogen-bond acceptors (Lipinski definition) is 4. The Bertz CT molecular complexity index is 342. The molecule has 4 nitrogen and oxygen atoms in total. The number of nitrogen functional groups attached to an aromatic ring is 1. The summed E-state index contributed by atoms with van der Waals surface area (Å²) in [6, 6.07) is 5.30. The van der Waals surface area contributed by atoms with Crippen LogP contribution in [0.2, 0.25) is 0 Å². The van der Waals surface area contributed by atoms with Gasteiger partial charge in [0.15, 0.2) is 0 Å². The summed E-state index contributed by atoms with van der Waals surface area (Å²) in [5.74, 6) is 4.93. The smallest absolute Gasteiger partial charge is 0.340 e. The summed E-state index contributed by atoms with van der Waals surface area (Å²) in [6.07, 6.45) is 0. The van der Waals surface area contributed by atoms with E-state index in [0.717, 1.165) is 3.57 Å². The number of anilines is 1. The van der Waals surface area contributed by atoms with Crippen LogP contribution in [0.4, 0.5) is 5.69 Å². The molecule has 0 heterocycles. The van der Waals surface area contributed by atoms with Gasteiger partial charge in [-0.15, -0.1) is 0 Å². The average molecular weight is 306 g/mol. The molecule has 0 atom stereocenters. The zero-order valence-corrected chi connectivity index (χ0v) is 9.87. The van der Waals surface area contributed by atoms with Crippen LogP contribution in [-0.2, 0) is 4.74 Å². The van der Waals surface area contributed by atoms with E-state index in [1.807, 2.05) is 6.07 Å². The van der Waals surface area contributed by atoms with E-state index in [-0.39, 0.29) is 5.97 Å². The van der Waals surface area contributed by atoms with Gasteiger partial charge in [-0.1, -0.05) is 0 Å². The molecule has 0 spiro atoms. The molecule has 0 aliphatic carbocycles. The van der Waals surface area contributed by atoms with Crippen molar-refractivity contribution in [2.45, 2.75) is 6.92 Å². The van der Waals surface area contributed by atoms with E-state index in [0.29, 0.717) is 17.9 Å². The number of hydrazine groups is 1. The lowest BCUT2D eigenvalue weighted by molar-refractivity contribution is 0.0527. The Morgan fingerprint density at radius 3 is 2.93 bits per heavy atom. The van der Waals surface area contributed by atoms with E-state index in [2.05, 4.69) is 28.0 Å². The summed E-state index contributed by atoms with van der Waals surface area (Å²) in [4.78, 5) is 11.4. The molecular weight excluding hydrogens is 295 g/mol. The van der Waals surface area contributed by atoms with Gasteiger partial charge in [-0.25, -0.2) is 4.79 Å². The summed E-state index contributed by atoms with van der Waals surface area (Å²) in [7, 11) is 0. The van der Waals surface area contributed by atoms with Crippen LogP contribution in [0.5, 0.6) is 0 Å². The maximum atomic E-state index is 11.4. The number of esters is 1. The highest BCUT2D eigenvalue weighted by Crippen LogP contribution is 2.18. The number of nitrogens with two attached hydrogens (primary N) is 1. The molecule has 0 aromatic heterocycles. The number of halogens is 1. The molecule has 3 N–H and O–H groups in total. The van der Waals surface area contributed by atoms with Gasteiger partial charge in [0.1, 0.15) is 0 Å². The van der Waals surface area contributed by atoms with E-state index < -0.39 is 0 Å². The van der Waals surface area contributed by atoms with Crippen LogP contribution in [0.15, 0.2) is 18.2 Å². The SMILES string of the molecule is CCOC(=O)c1ccc(I)cc1NN. The van der Waals surface area contributed by atoms with E-state index in [9.17, 15) is 4.79 Å². The highest BCUT2D eigenvalue weighted by Gasteiger charge is 2.11. The Kier molecular flexibility index (Phi) is 4.15. The minimum Gasteiger partial charge on any atom is -0.462 e. The van der Waals surface area contributed by atoms with Crippen molar-refractivity contribution in [1.29, 1.82) is 0 Å². The first kappa shape index (κ1) is 11.3. The first-order valence-corrected chi connectivity index (χ1v) is 5.20. The molecule has 0 bridgehead atoms. The second-order valence-electron chi connectivity index (χ2n) is 2.55. The van der Waals surface area contributed by atoms with Crippen molar-refractivity contribution in [3.05, 3.63) is 27.3 Å². The average Bonchev–Trinajstić information content (AvgIpc) is 2.17. The van der Waals surface area contributed by atoms with E-state index in [1.165, 1.54) is 0 Å². The van der Waals surface area contributed by atoms with Crippen LogP contribution in [0.1, 0.15) is 17.3 Å². The Morgan fingerprint density at radius 1 is 1.64 bits per heavy atom. The van der Waals surface area contributed by atoms with Crippen LogP contribution in [-0.4, -0.2) is 12.6 Å². The van der Waals surface area contributed by atoms with Crippen molar-refractivity contribution in [3.63, 3.8) is 0 Å². The van der Waals surface area contributed by atoms with Gasteiger partial charge in [0, 0.05) is 3.57 Å². The normalized spacial score (nSPS) is 9.64. The maximum absolute atomic E-state index is 11.4. The third-order valence-corrected chi connectivity index (χ3v) is 2.30. The number of nitrogens with one attached hydrogen (secondary N) is 1.